The largest absolute Gasteiger partial charge is 0.388 e. The summed E-state index contributed by atoms with van der Waals surface area (Å²) in [5, 5.41) is 12.7. The van der Waals surface area contributed by atoms with Crippen LogP contribution >= 0.6 is 0 Å². The summed E-state index contributed by atoms with van der Waals surface area (Å²) < 4.78 is 23.0. The number of amides is 1. The minimum Gasteiger partial charge on any atom is -0.388 e. The van der Waals surface area contributed by atoms with Crippen LogP contribution in [0.25, 0.3) is 0 Å². The average molecular weight is 299 g/mol. The van der Waals surface area contributed by atoms with Crippen LogP contribution in [0.5, 0.6) is 0 Å². The van der Waals surface area contributed by atoms with Gasteiger partial charge in [-0.25, -0.2) is 8.42 Å². The normalized spacial score (nSPS) is 13.1. The first-order chi connectivity index (χ1) is 8.84. The standard InChI is InChI=1S/C14H21NO4S/c1-13(2,14(3,4)17)15-12(16)10-7-6-8-11(9-10)20(5,18)19/h6-9,17H,1-5H3,(H,15,16). The second-order valence-electron chi connectivity index (χ2n) is 5.94. The van der Waals surface area contributed by atoms with Crippen LogP contribution in [-0.4, -0.2) is 36.8 Å². The predicted octanol–water partition coefficient (Wildman–Crippen LogP) is 1.37. The van der Waals surface area contributed by atoms with Crippen LogP contribution in [0.1, 0.15) is 38.1 Å². The van der Waals surface area contributed by atoms with Crippen LogP contribution in [0.15, 0.2) is 29.2 Å². The van der Waals surface area contributed by atoms with Gasteiger partial charge < -0.3 is 10.4 Å². The second kappa shape index (κ2) is 5.18. The highest BCUT2D eigenvalue weighted by atomic mass is 32.2. The smallest absolute Gasteiger partial charge is 0.251 e. The van der Waals surface area contributed by atoms with Crippen molar-refractivity contribution in [1.29, 1.82) is 0 Å². The lowest BCUT2D eigenvalue weighted by atomic mass is 9.86. The molecular formula is C14H21NO4S. The van der Waals surface area contributed by atoms with E-state index in [0.29, 0.717) is 0 Å². The Kier molecular flexibility index (Phi) is 4.31. The van der Waals surface area contributed by atoms with E-state index in [9.17, 15) is 18.3 Å². The average Bonchev–Trinajstić information content (AvgIpc) is 2.26. The molecule has 0 atom stereocenters. The van der Waals surface area contributed by atoms with Crippen LogP contribution in [0, 0.1) is 0 Å². The Morgan fingerprint density at radius 3 is 2.20 bits per heavy atom. The van der Waals surface area contributed by atoms with Crippen molar-refractivity contribution in [1.82, 2.24) is 5.32 Å². The molecule has 0 aliphatic carbocycles. The molecule has 6 heteroatoms. The molecule has 0 unspecified atom stereocenters. The van der Waals surface area contributed by atoms with Gasteiger partial charge in [0.05, 0.1) is 16.0 Å². The van der Waals surface area contributed by atoms with Crippen LogP contribution in [0.4, 0.5) is 0 Å². The first-order valence-electron chi connectivity index (χ1n) is 6.19. The zero-order chi connectivity index (χ0) is 15.8. The lowest BCUT2D eigenvalue weighted by Gasteiger charge is -2.38. The van der Waals surface area contributed by atoms with E-state index >= 15 is 0 Å². The Morgan fingerprint density at radius 2 is 1.75 bits per heavy atom. The molecular weight excluding hydrogens is 278 g/mol. The maximum atomic E-state index is 12.2. The number of hydrogen-bond donors (Lipinski definition) is 2. The van der Waals surface area contributed by atoms with Gasteiger partial charge in [0.1, 0.15) is 0 Å². The molecule has 1 amide bonds. The highest BCUT2D eigenvalue weighted by Gasteiger charge is 2.36. The van der Waals surface area contributed by atoms with Gasteiger partial charge in [0.2, 0.25) is 0 Å². The van der Waals surface area contributed by atoms with Crippen molar-refractivity contribution in [3.8, 4) is 0 Å². The number of nitrogens with one attached hydrogen (secondary N) is 1. The summed E-state index contributed by atoms with van der Waals surface area (Å²) in [5.74, 6) is -0.428. The predicted molar refractivity (Wildman–Crippen MR) is 77.4 cm³/mol. The van der Waals surface area contributed by atoms with Gasteiger partial charge in [0.25, 0.3) is 5.91 Å². The molecule has 2 N–H and O–H groups in total. The maximum Gasteiger partial charge on any atom is 0.251 e. The Hall–Kier alpha value is -1.40. The molecule has 0 saturated carbocycles. The lowest BCUT2D eigenvalue weighted by Crippen LogP contribution is -2.57. The molecule has 0 aromatic heterocycles. The SMILES string of the molecule is CC(C)(O)C(C)(C)NC(=O)c1cccc(S(C)(=O)=O)c1. The zero-order valence-electron chi connectivity index (χ0n) is 12.4. The van der Waals surface area contributed by atoms with Crippen molar-refractivity contribution >= 4 is 15.7 Å². The molecule has 5 nitrogen and oxygen atoms in total. The summed E-state index contributed by atoms with van der Waals surface area (Å²) in [7, 11) is -3.36. The van der Waals surface area contributed by atoms with Crippen molar-refractivity contribution in [2.24, 2.45) is 0 Å². The minimum atomic E-state index is -3.36. The Labute approximate surface area is 119 Å². The highest BCUT2D eigenvalue weighted by Crippen LogP contribution is 2.21. The third-order valence-corrected chi connectivity index (χ3v) is 4.59. The highest BCUT2D eigenvalue weighted by molar-refractivity contribution is 7.90. The molecule has 0 aliphatic heterocycles. The molecule has 1 aromatic carbocycles. The fourth-order valence-electron chi connectivity index (χ4n) is 1.38. The number of hydrogen-bond acceptors (Lipinski definition) is 4. The minimum absolute atomic E-state index is 0.0891. The molecule has 0 fully saturated rings. The Balaban J connectivity index is 3.06. The van der Waals surface area contributed by atoms with Gasteiger partial charge in [-0.2, -0.15) is 0 Å². The number of carbonyl (C=O) groups is 1. The number of benzene rings is 1. The van der Waals surface area contributed by atoms with Gasteiger partial charge in [-0.05, 0) is 45.9 Å². The lowest BCUT2D eigenvalue weighted by molar-refractivity contribution is -0.00293. The summed E-state index contributed by atoms with van der Waals surface area (Å²) in [6.45, 7) is 6.59. The molecule has 0 radical (unpaired) electrons. The third-order valence-electron chi connectivity index (χ3n) is 3.48. The molecule has 0 heterocycles. The molecule has 1 aromatic rings. The van der Waals surface area contributed by atoms with Gasteiger partial charge >= 0.3 is 0 Å². The van der Waals surface area contributed by atoms with Gasteiger partial charge in [0.15, 0.2) is 9.84 Å². The summed E-state index contributed by atoms with van der Waals surface area (Å²) in [4.78, 5) is 12.3. The third kappa shape index (κ3) is 3.80. The van der Waals surface area contributed by atoms with Crippen molar-refractivity contribution in [2.45, 2.75) is 43.7 Å². The fraction of sp³-hybridized carbons (Fsp3) is 0.500. The molecule has 1 rings (SSSR count). The van der Waals surface area contributed by atoms with E-state index in [1.54, 1.807) is 27.7 Å². The first kappa shape index (κ1) is 16.7. The van der Waals surface area contributed by atoms with E-state index in [2.05, 4.69) is 5.32 Å². The monoisotopic (exact) mass is 299 g/mol. The van der Waals surface area contributed by atoms with E-state index in [1.165, 1.54) is 24.3 Å². The van der Waals surface area contributed by atoms with Crippen LogP contribution < -0.4 is 5.32 Å². The number of aliphatic hydroxyl groups is 1. The van der Waals surface area contributed by atoms with Crippen molar-refractivity contribution in [3.63, 3.8) is 0 Å². The van der Waals surface area contributed by atoms with Gasteiger partial charge in [-0.3, -0.25) is 4.79 Å². The number of carbonyl (C=O) groups excluding carboxylic acids is 1. The van der Waals surface area contributed by atoms with Crippen molar-refractivity contribution in [3.05, 3.63) is 29.8 Å². The fourth-order valence-corrected chi connectivity index (χ4v) is 2.04. The molecule has 112 valence electrons. The number of sulfone groups is 1. The number of rotatable bonds is 4. The van der Waals surface area contributed by atoms with E-state index in [0.717, 1.165) is 6.26 Å². The van der Waals surface area contributed by atoms with Crippen LogP contribution in [0.2, 0.25) is 0 Å². The van der Waals surface area contributed by atoms with Crippen LogP contribution in [0.3, 0.4) is 0 Å². The topological polar surface area (TPSA) is 83.5 Å². The van der Waals surface area contributed by atoms with E-state index in [-0.39, 0.29) is 10.5 Å². The molecule has 0 bridgehead atoms. The summed E-state index contributed by atoms with van der Waals surface area (Å²) >= 11 is 0. The second-order valence-corrected chi connectivity index (χ2v) is 7.95. The van der Waals surface area contributed by atoms with E-state index in [4.69, 9.17) is 0 Å². The molecule has 20 heavy (non-hydrogen) atoms. The summed E-state index contributed by atoms with van der Waals surface area (Å²) in [5.41, 5.74) is -1.73. The van der Waals surface area contributed by atoms with Crippen molar-refractivity contribution < 1.29 is 18.3 Å². The maximum absolute atomic E-state index is 12.2. The first-order valence-corrected chi connectivity index (χ1v) is 8.09. The quantitative estimate of drug-likeness (QED) is 0.879. The summed E-state index contributed by atoms with van der Waals surface area (Å²) in [6.07, 6.45) is 1.09. The zero-order valence-corrected chi connectivity index (χ0v) is 13.2. The van der Waals surface area contributed by atoms with E-state index in [1.807, 2.05) is 0 Å². The van der Waals surface area contributed by atoms with Gasteiger partial charge in [0, 0.05) is 11.8 Å². The molecule has 0 saturated heterocycles. The summed E-state index contributed by atoms with van der Waals surface area (Å²) in [6, 6.07) is 5.81. The van der Waals surface area contributed by atoms with Gasteiger partial charge in [-0.1, -0.05) is 6.07 Å². The molecule has 0 spiro atoms. The van der Waals surface area contributed by atoms with Crippen LogP contribution in [-0.2, 0) is 9.84 Å². The van der Waals surface area contributed by atoms with Crippen molar-refractivity contribution in [2.75, 3.05) is 6.26 Å². The Morgan fingerprint density at radius 1 is 1.20 bits per heavy atom. The Bertz CT molecular complexity index is 612. The van der Waals surface area contributed by atoms with Gasteiger partial charge in [-0.15, -0.1) is 0 Å². The molecule has 0 aliphatic rings. The van der Waals surface area contributed by atoms with E-state index < -0.39 is 26.9 Å².